The van der Waals surface area contributed by atoms with Crippen LogP contribution in [0.4, 0.5) is 5.88 Å². The van der Waals surface area contributed by atoms with Crippen LogP contribution in [0.2, 0.25) is 0 Å². The summed E-state index contributed by atoms with van der Waals surface area (Å²) in [7, 11) is 4.23. The lowest BCUT2D eigenvalue weighted by Crippen LogP contribution is -2.23. The molecule has 0 aliphatic carbocycles. The molecule has 102 valence electrons. The molecule has 2 heterocycles. The molecule has 18 heavy (non-hydrogen) atoms. The summed E-state index contributed by atoms with van der Waals surface area (Å²) in [5.74, 6) is 2.22. The highest BCUT2D eigenvalue weighted by molar-refractivity contribution is 5.36. The topological polar surface area (TPSA) is 19.6 Å². The molecule has 1 saturated heterocycles. The van der Waals surface area contributed by atoms with Gasteiger partial charge in [-0.15, -0.1) is 0 Å². The first-order chi connectivity index (χ1) is 8.75. The standard InChI is InChI=1S/C15H26N2O/c1-16(2)11-7-8-14-9-10-15(18-14)17-12-5-3-4-6-13-17/h9-10H,3-8,11-13H2,1-2H3. The van der Waals surface area contributed by atoms with Crippen LogP contribution >= 0.6 is 0 Å². The third kappa shape index (κ3) is 4.05. The molecule has 1 aromatic heterocycles. The maximum Gasteiger partial charge on any atom is 0.195 e. The zero-order valence-electron chi connectivity index (χ0n) is 11.8. The highest BCUT2D eigenvalue weighted by Crippen LogP contribution is 2.22. The Morgan fingerprint density at radius 2 is 1.83 bits per heavy atom. The maximum absolute atomic E-state index is 5.97. The highest BCUT2D eigenvalue weighted by Gasteiger charge is 2.13. The first kappa shape index (κ1) is 13.5. The second-order valence-corrected chi connectivity index (χ2v) is 5.55. The second-order valence-electron chi connectivity index (χ2n) is 5.55. The summed E-state index contributed by atoms with van der Waals surface area (Å²) in [6, 6.07) is 4.30. The van der Waals surface area contributed by atoms with Crippen LogP contribution in [0.25, 0.3) is 0 Å². The summed E-state index contributed by atoms with van der Waals surface area (Å²) >= 11 is 0. The smallest absolute Gasteiger partial charge is 0.195 e. The Morgan fingerprint density at radius 3 is 2.50 bits per heavy atom. The first-order valence-electron chi connectivity index (χ1n) is 7.24. The predicted octanol–water partition coefficient (Wildman–Crippen LogP) is 3.15. The molecule has 0 atom stereocenters. The Morgan fingerprint density at radius 1 is 1.11 bits per heavy atom. The van der Waals surface area contributed by atoms with Gasteiger partial charge in [0.15, 0.2) is 5.88 Å². The average Bonchev–Trinajstić information content (AvgIpc) is 2.63. The van der Waals surface area contributed by atoms with E-state index in [0.717, 1.165) is 37.7 Å². The molecule has 3 nitrogen and oxygen atoms in total. The van der Waals surface area contributed by atoms with Crippen LogP contribution in [0.1, 0.15) is 37.9 Å². The fourth-order valence-electron chi connectivity index (χ4n) is 2.53. The molecule has 0 radical (unpaired) electrons. The van der Waals surface area contributed by atoms with Gasteiger partial charge in [-0.2, -0.15) is 0 Å². The Kier molecular flexibility index (Phi) is 5.12. The van der Waals surface area contributed by atoms with E-state index in [2.05, 4.69) is 36.0 Å². The number of hydrogen-bond acceptors (Lipinski definition) is 3. The van der Waals surface area contributed by atoms with Crippen LogP contribution in [-0.4, -0.2) is 38.6 Å². The minimum absolute atomic E-state index is 1.05. The maximum atomic E-state index is 5.97. The lowest BCUT2D eigenvalue weighted by Gasteiger charge is -2.18. The van der Waals surface area contributed by atoms with Gasteiger partial charge in [0.25, 0.3) is 0 Å². The molecule has 0 N–H and O–H groups in total. The highest BCUT2D eigenvalue weighted by atomic mass is 16.4. The molecular formula is C15H26N2O. The molecule has 0 amide bonds. The van der Waals surface area contributed by atoms with Gasteiger partial charge in [-0.25, -0.2) is 0 Å². The fourth-order valence-corrected chi connectivity index (χ4v) is 2.53. The van der Waals surface area contributed by atoms with Gasteiger partial charge in [-0.3, -0.25) is 0 Å². The van der Waals surface area contributed by atoms with Crippen molar-refractivity contribution in [3.05, 3.63) is 17.9 Å². The normalized spacial score (nSPS) is 17.2. The van der Waals surface area contributed by atoms with Crippen molar-refractivity contribution in [1.82, 2.24) is 4.90 Å². The zero-order valence-corrected chi connectivity index (χ0v) is 11.8. The minimum atomic E-state index is 1.05. The van der Waals surface area contributed by atoms with E-state index >= 15 is 0 Å². The van der Waals surface area contributed by atoms with Crippen molar-refractivity contribution in [2.75, 3.05) is 38.6 Å². The molecule has 1 aliphatic heterocycles. The number of aryl methyl sites for hydroxylation is 1. The van der Waals surface area contributed by atoms with Crippen LogP contribution in [0.5, 0.6) is 0 Å². The average molecular weight is 250 g/mol. The van der Waals surface area contributed by atoms with Gasteiger partial charge in [0.2, 0.25) is 0 Å². The van der Waals surface area contributed by atoms with Crippen molar-refractivity contribution >= 4 is 5.88 Å². The first-order valence-corrected chi connectivity index (χ1v) is 7.24. The van der Waals surface area contributed by atoms with Gasteiger partial charge in [-0.05, 0) is 46.0 Å². The number of nitrogens with zero attached hydrogens (tertiary/aromatic N) is 2. The van der Waals surface area contributed by atoms with Gasteiger partial charge < -0.3 is 14.2 Å². The van der Waals surface area contributed by atoms with Crippen molar-refractivity contribution in [1.29, 1.82) is 0 Å². The number of furan rings is 1. The third-order valence-electron chi connectivity index (χ3n) is 3.59. The molecule has 1 aliphatic rings. The second kappa shape index (κ2) is 6.83. The lowest BCUT2D eigenvalue weighted by atomic mass is 10.2. The molecule has 0 aromatic carbocycles. The van der Waals surface area contributed by atoms with Crippen LogP contribution in [0.3, 0.4) is 0 Å². The SMILES string of the molecule is CN(C)CCCc1ccc(N2CCCCCC2)o1. The third-order valence-corrected chi connectivity index (χ3v) is 3.59. The van der Waals surface area contributed by atoms with E-state index in [1.165, 1.54) is 32.1 Å². The van der Waals surface area contributed by atoms with Gasteiger partial charge in [0.1, 0.15) is 5.76 Å². The Bertz CT molecular complexity index is 338. The Labute approximate surface area is 111 Å². The van der Waals surface area contributed by atoms with E-state index < -0.39 is 0 Å². The molecule has 1 fully saturated rings. The van der Waals surface area contributed by atoms with Gasteiger partial charge in [0.05, 0.1) is 0 Å². The van der Waals surface area contributed by atoms with Crippen molar-refractivity contribution < 1.29 is 4.42 Å². The van der Waals surface area contributed by atoms with E-state index in [9.17, 15) is 0 Å². The molecule has 1 aromatic rings. The van der Waals surface area contributed by atoms with Gasteiger partial charge in [0, 0.05) is 25.6 Å². The molecular weight excluding hydrogens is 224 g/mol. The Hall–Kier alpha value is -0.960. The summed E-state index contributed by atoms with van der Waals surface area (Å²) in [6.45, 7) is 3.44. The van der Waals surface area contributed by atoms with Crippen molar-refractivity contribution in [3.63, 3.8) is 0 Å². The zero-order chi connectivity index (χ0) is 12.8. The largest absolute Gasteiger partial charge is 0.446 e. The fraction of sp³-hybridized carbons (Fsp3) is 0.733. The molecule has 0 spiro atoms. The summed E-state index contributed by atoms with van der Waals surface area (Å²) in [5.41, 5.74) is 0. The predicted molar refractivity (Wildman–Crippen MR) is 76.3 cm³/mol. The summed E-state index contributed by atoms with van der Waals surface area (Å²) in [5, 5.41) is 0. The van der Waals surface area contributed by atoms with Gasteiger partial charge >= 0.3 is 0 Å². The van der Waals surface area contributed by atoms with E-state index in [0.29, 0.717) is 0 Å². The summed E-state index contributed by atoms with van der Waals surface area (Å²) in [4.78, 5) is 4.63. The summed E-state index contributed by atoms with van der Waals surface area (Å²) < 4.78 is 5.97. The Balaban J connectivity index is 1.84. The quantitative estimate of drug-likeness (QED) is 0.800. The minimum Gasteiger partial charge on any atom is -0.446 e. The molecule has 0 saturated carbocycles. The lowest BCUT2D eigenvalue weighted by molar-refractivity contribution is 0.389. The number of rotatable bonds is 5. The van der Waals surface area contributed by atoms with Crippen LogP contribution < -0.4 is 4.90 Å². The van der Waals surface area contributed by atoms with Gasteiger partial charge in [-0.1, -0.05) is 12.8 Å². The summed E-state index contributed by atoms with van der Waals surface area (Å²) in [6.07, 6.45) is 7.55. The van der Waals surface area contributed by atoms with E-state index in [4.69, 9.17) is 4.42 Å². The van der Waals surface area contributed by atoms with Crippen LogP contribution in [0, 0.1) is 0 Å². The monoisotopic (exact) mass is 250 g/mol. The molecule has 0 unspecified atom stereocenters. The van der Waals surface area contributed by atoms with Crippen LogP contribution in [0.15, 0.2) is 16.5 Å². The number of hydrogen-bond donors (Lipinski definition) is 0. The van der Waals surface area contributed by atoms with Crippen molar-refractivity contribution in [2.24, 2.45) is 0 Å². The number of anilines is 1. The molecule has 0 bridgehead atoms. The van der Waals surface area contributed by atoms with E-state index in [1.54, 1.807) is 0 Å². The van der Waals surface area contributed by atoms with Crippen molar-refractivity contribution in [2.45, 2.75) is 38.5 Å². The van der Waals surface area contributed by atoms with Crippen molar-refractivity contribution in [3.8, 4) is 0 Å². The van der Waals surface area contributed by atoms with E-state index in [1.807, 2.05) is 0 Å². The molecule has 3 heteroatoms. The van der Waals surface area contributed by atoms with Crippen LogP contribution in [-0.2, 0) is 6.42 Å². The molecule has 2 rings (SSSR count). The van der Waals surface area contributed by atoms with E-state index in [-0.39, 0.29) is 0 Å².